The Labute approximate surface area is 168 Å². The molecule has 0 aliphatic heterocycles. The number of amides is 1. The number of rotatable bonds is 6. The molecule has 0 spiro atoms. The molecule has 0 saturated carbocycles. The van der Waals surface area contributed by atoms with Crippen LogP contribution in [0.4, 0.5) is 5.69 Å². The van der Waals surface area contributed by atoms with Crippen LogP contribution in [-0.2, 0) is 9.84 Å². The van der Waals surface area contributed by atoms with Crippen LogP contribution in [0.2, 0.25) is 0 Å². The normalized spacial score (nSPS) is 11.0. The van der Waals surface area contributed by atoms with E-state index in [4.69, 9.17) is 9.47 Å². The van der Waals surface area contributed by atoms with Crippen LogP contribution in [0.3, 0.4) is 0 Å². The zero-order valence-corrected chi connectivity index (χ0v) is 16.9. The predicted molar refractivity (Wildman–Crippen MR) is 108 cm³/mol. The van der Waals surface area contributed by atoms with Gasteiger partial charge in [-0.1, -0.05) is 12.1 Å². The minimum atomic E-state index is -3.42. The highest BCUT2D eigenvalue weighted by Crippen LogP contribution is 2.26. The molecule has 0 fully saturated rings. The number of methoxy groups -OCH3 is 2. The lowest BCUT2D eigenvalue weighted by Gasteiger charge is -2.11. The van der Waals surface area contributed by atoms with Gasteiger partial charge in [-0.05, 0) is 36.4 Å². The van der Waals surface area contributed by atoms with E-state index in [1.54, 1.807) is 48.5 Å². The number of sulfone groups is 1. The zero-order valence-electron chi connectivity index (χ0n) is 16.0. The van der Waals surface area contributed by atoms with Gasteiger partial charge in [0.15, 0.2) is 14.9 Å². The van der Waals surface area contributed by atoms with E-state index in [0.717, 1.165) is 6.26 Å². The monoisotopic (exact) mass is 413 g/mol. The van der Waals surface area contributed by atoms with E-state index in [1.807, 2.05) is 0 Å². The number of carbonyl (C=O) groups is 1. The van der Waals surface area contributed by atoms with Crippen molar-refractivity contribution in [1.29, 1.82) is 0 Å². The Balaban J connectivity index is 1.84. The minimum Gasteiger partial charge on any atom is -0.497 e. The van der Waals surface area contributed by atoms with E-state index in [9.17, 15) is 13.2 Å². The van der Waals surface area contributed by atoms with Crippen LogP contribution in [0.25, 0.3) is 11.3 Å². The maximum absolute atomic E-state index is 12.7. The Morgan fingerprint density at radius 1 is 0.966 bits per heavy atom. The van der Waals surface area contributed by atoms with Crippen LogP contribution in [0.5, 0.6) is 11.5 Å². The van der Waals surface area contributed by atoms with Gasteiger partial charge in [0.25, 0.3) is 5.91 Å². The third kappa shape index (κ3) is 4.69. The van der Waals surface area contributed by atoms with Crippen LogP contribution in [-0.4, -0.2) is 45.0 Å². The lowest BCUT2D eigenvalue weighted by atomic mass is 10.1. The van der Waals surface area contributed by atoms with Gasteiger partial charge in [-0.2, -0.15) is 0 Å². The molecule has 1 amide bonds. The van der Waals surface area contributed by atoms with Crippen molar-refractivity contribution in [3.8, 4) is 22.8 Å². The van der Waals surface area contributed by atoms with E-state index in [2.05, 4.69) is 15.5 Å². The van der Waals surface area contributed by atoms with Gasteiger partial charge in [-0.25, -0.2) is 8.42 Å². The summed E-state index contributed by atoms with van der Waals surface area (Å²) in [5.41, 5.74) is 2.06. The summed E-state index contributed by atoms with van der Waals surface area (Å²) in [5.74, 6) is 0.622. The molecule has 0 aliphatic rings. The third-order valence-electron chi connectivity index (χ3n) is 4.09. The van der Waals surface area contributed by atoms with Gasteiger partial charge in [-0.3, -0.25) is 4.79 Å². The third-order valence-corrected chi connectivity index (χ3v) is 5.07. The maximum atomic E-state index is 12.7. The summed E-state index contributed by atoms with van der Waals surface area (Å²) in [7, 11) is -0.409. The van der Waals surface area contributed by atoms with Crippen LogP contribution < -0.4 is 14.8 Å². The summed E-state index contributed by atoms with van der Waals surface area (Å²) in [6.07, 6.45) is 1.07. The molecular formula is C20H19N3O5S. The van der Waals surface area contributed by atoms with Crippen LogP contribution in [0, 0.1) is 0 Å². The number of nitrogens with one attached hydrogen (secondary N) is 1. The summed E-state index contributed by atoms with van der Waals surface area (Å²) in [6.45, 7) is 0. The van der Waals surface area contributed by atoms with Crippen LogP contribution in [0.1, 0.15) is 10.4 Å². The van der Waals surface area contributed by atoms with E-state index < -0.39 is 9.84 Å². The van der Waals surface area contributed by atoms with Crippen molar-refractivity contribution in [2.75, 3.05) is 25.8 Å². The second kappa shape index (κ2) is 8.27. The molecule has 0 aliphatic carbocycles. The molecule has 0 unspecified atom stereocenters. The van der Waals surface area contributed by atoms with Crippen molar-refractivity contribution in [1.82, 2.24) is 10.2 Å². The van der Waals surface area contributed by atoms with Crippen molar-refractivity contribution in [3.63, 3.8) is 0 Å². The molecule has 0 saturated heterocycles. The van der Waals surface area contributed by atoms with E-state index >= 15 is 0 Å². The van der Waals surface area contributed by atoms with Crippen molar-refractivity contribution in [2.45, 2.75) is 5.03 Å². The smallest absolute Gasteiger partial charge is 0.259 e. The minimum absolute atomic E-state index is 0.0997. The fraction of sp³-hybridized carbons (Fsp3) is 0.150. The maximum Gasteiger partial charge on any atom is 0.259 e. The van der Waals surface area contributed by atoms with Gasteiger partial charge in [0, 0.05) is 23.6 Å². The summed E-state index contributed by atoms with van der Waals surface area (Å²) >= 11 is 0. The highest BCUT2D eigenvalue weighted by atomic mass is 32.2. The number of benzene rings is 2. The summed E-state index contributed by atoms with van der Waals surface area (Å²) < 4.78 is 33.4. The number of aromatic nitrogens is 2. The Bertz CT molecular complexity index is 1150. The Morgan fingerprint density at radius 2 is 1.76 bits per heavy atom. The first-order chi connectivity index (χ1) is 13.8. The molecule has 150 valence electrons. The largest absolute Gasteiger partial charge is 0.497 e. The molecule has 3 rings (SSSR count). The number of hydrogen-bond donors (Lipinski definition) is 1. The molecule has 1 aromatic heterocycles. The first-order valence-corrected chi connectivity index (χ1v) is 10.4. The van der Waals surface area contributed by atoms with Gasteiger partial charge in [-0.15, -0.1) is 10.2 Å². The van der Waals surface area contributed by atoms with E-state index in [1.165, 1.54) is 20.3 Å². The van der Waals surface area contributed by atoms with Crippen molar-refractivity contribution >= 4 is 21.4 Å². The van der Waals surface area contributed by atoms with Crippen molar-refractivity contribution < 1.29 is 22.7 Å². The highest BCUT2D eigenvalue weighted by Gasteiger charge is 2.14. The SMILES string of the molecule is COc1ccc(C(=O)Nc2cccc(-c3ccc(S(C)(=O)=O)nn3)c2)c(OC)c1. The molecule has 8 nitrogen and oxygen atoms in total. The van der Waals surface area contributed by atoms with Gasteiger partial charge in [0.2, 0.25) is 0 Å². The number of carbonyl (C=O) groups excluding carboxylic acids is 1. The Hall–Kier alpha value is -3.46. The van der Waals surface area contributed by atoms with Crippen molar-refractivity contribution in [2.24, 2.45) is 0 Å². The average Bonchev–Trinajstić information content (AvgIpc) is 2.72. The first-order valence-electron chi connectivity index (χ1n) is 8.49. The Kier molecular flexibility index (Phi) is 5.79. The fourth-order valence-corrected chi connectivity index (χ4v) is 3.12. The number of hydrogen-bond acceptors (Lipinski definition) is 7. The van der Waals surface area contributed by atoms with Gasteiger partial charge < -0.3 is 14.8 Å². The Morgan fingerprint density at radius 3 is 2.38 bits per heavy atom. The standard InChI is InChI=1S/C20H19N3O5S/c1-27-15-7-8-16(18(12-15)28-2)20(24)21-14-6-4-5-13(11-14)17-9-10-19(23-22-17)29(3,25)26/h4-12H,1-3H3,(H,21,24). The first kappa shape index (κ1) is 20.3. The van der Waals surface area contributed by atoms with Gasteiger partial charge in [0.1, 0.15) is 11.5 Å². The van der Waals surface area contributed by atoms with E-state index in [0.29, 0.717) is 34.0 Å². The molecule has 3 aromatic rings. The molecule has 29 heavy (non-hydrogen) atoms. The second-order valence-electron chi connectivity index (χ2n) is 6.13. The zero-order chi connectivity index (χ0) is 21.0. The van der Waals surface area contributed by atoms with Gasteiger partial charge >= 0.3 is 0 Å². The number of nitrogens with zero attached hydrogens (tertiary/aromatic N) is 2. The topological polar surface area (TPSA) is 107 Å². The predicted octanol–water partition coefficient (Wildman–Crippen LogP) is 2.82. The molecule has 9 heteroatoms. The second-order valence-corrected chi connectivity index (χ2v) is 8.09. The molecule has 2 aromatic carbocycles. The fourth-order valence-electron chi connectivity index (χ4n) is 2.61. The van der Waals surface area contributed by atoms with Crippen LogP contribution >= 0.6 is 0 Å². The molecule has 1 heterocycles. The van der Waals surface area contributed by atoms with E-state index in [-0.39, 0.29) is 10.9 Å². The molecular weight excluding hydrogens is 394 g/mol. The molecule has 0 atom stereocenters. The number of anilines is 1. The lowest BCUT2D eigenvalue weighted by Crippen LogP contribution is -2.13. The molecule has 0 bridgehead atoms. The van der Waals surface area contributed by atoms with Crippen LogP contribution in [0.15, 0.2) is 59.6 Å². The van der Waals surface area contributed by atoms with Crippen molar-refractivity contribution in [3.05, 3.63) is 60.2 Å². The summed E-state index contributed by atoms with van der Waals surface area (Å²) in [6, 6.07) is 14.9. The number of ether oxygens (including phenoxy) is 2. The lowest BCUT2D eigenvalue weighted by molar-refractivity contribution is 0.102. The highest BCUT2D eigenvalue weighted by molar-refractivity contribution is 7.90. The quantitative estimate of drug-likeness (QED) is 0.662. The summed E-state index contributed by atoms with van der Waals surface area (Å²) in [5, 5.41) is 10.4. The van der Waals surface area contributed by atoms with Gasteiger partial charge in [0.05, 0.1) is 25.5 Å². The average molecular weight is 413 g/mol. The summed E-state index contributed by atoms with van der Waals surface area (Å²) in [4.78, 5) is 12.7. The molecule has 1 N–H and O–H groups in total. The molecule has 0 radical (unpaired) electrons.